The van der Waals surface area contributed by atoms with E-state index in [0.29, 0.717) is 24.2 Å². The predicted molar refractivity (Wildman–Crippen MR) is 96.4 cm³/mol. The number of hydrogen-bond acceptors (Lipinski definition) is 4. The predicted octanol–water partition coefficient (Wildman–Crippen LogP) is 1.01. The van der Waals surface area contributed by atoms with E-state index < -0.39 is 0 Å². The summed E-state index contributed by atoms with van der Waals surface area (Å²) in [5, 5.41) is 2.75. The average Bonchev–Trinajstić information content (AvgIpc) is 2.47. The molecule has 0 atom stereocenters. The van der Waals surface area contributed by atoms with Crippen LogP contribution in [0.25, 0.3) is 0 Å². The molecule has 0 saturated carbocycles. The maximum atomic E-state index is 12.0. The van der Waals surface area contributed by atoms with E-state index in [2.05, 4.69) is 10.2 Å². The Morgan fingerprint density at radius 2 is 1.83 bits per heavy atom. The van der Waals surface area contributed by atoms with Crippen molar-refractivity contribution in [3.63, 3.8) is 0 Å². The van der Waals surface area contributed by atoms with Gasteiger partial charge in [-0.3, -0.25) is 9.59 Å². The number of anilines is 1. The van der Waals surface area contributed by atoms with E-state index in [4.69, 9.17) is 5.73 Å². The van der Waals surface area contributed by atoms with Gasteiger partial charge in [-0.15, -0.1) is 24.8 Å². The van der Waals surface area contributed by atoms with Crippen molar-refractivity contribution < 1.29 is 9.59 Å². The van der Waals surface area contributed by atoms with Crippen LogP contribution >= 0.6 is 24.8 Å². The summed E-state index contributed by atoms with van der Waals surface area (Å²) in [5.74, 6) is -0.107. The molecule has 0 unspecified atom stereocenters. The number of nitrogens with two attached hydrogens (primary N) is 1. The van der Waals surface area contributed by atoms with Gasteiger partial charge >= 0.3 is 0 Å². The minimum Gasteiger partial charge on any atom is -0.399 e. The Labute approximate surface area is 149 Å². The summed E-state index contributed by atoms with van der Waals surface area (Å²) >= 11 is 0. The highest BCUT2D eigenvalue weighted by atomic mass is 35.5. The Kier molecular flexibility index (Phi) is 9.64. The van der Waals surface area contributed by atoms with Crippen LogP contribution in [-0.4, -0.2) is 61.4 Å². The van der Waals surface area contributed by atoms with Crippen molar-refractivity contribution in [1.29, 1.82) is 0 Å². The summed E-state index contributed by atoms with van der Waals surface area (Å²) in [6.45, 7) is 3.68. The Balaban J connectivity index is 0.00000242. The highest BCUT2D eigenvalue weighted by Gasteiger charge is 2.18. The molecule has 1 aromatic rings. The lowest BCUT2D eigenvalue weighted by Gasteiger charge is -2.32. The van der Waals surface area contributed by atoms with Crippen LogP contribution in [0.2, 0.25) is 0 Å². The van der Waals surface area contributed by atoms with Gasteiger partial charge < -0.3 is 20.9 Å². The van der Waals surface area contributed by atoms with E-state index in [1.807, 2.05) is 11.9 Å². The average molecular weight is 363 g/mol. The van der Waals surface area contributed by atoms with Gasteiger partial charge in [0.15, 0.2) is 0 Å². The van der Waals surface area contributed by atoms with Crippen molar-refractivity contribution in [2.75, 3.05) is 45.5 Å². The number of nitrogens with one attached hydrogen (secondary N) is 1. The SMILES string of the molecule is CN1CCN(C(=O)CCNC(=O)c2cccc(N)c2)CC1.Cl.Cl. The number of carbonyl (C=O) groups excluding carboxylic acids is 2. The number of hydrogen-bond donors (Lipinski definition) is 2. The summed E-state index contributed by atoms with van der Waals surface area (Å²) in [7, 11) is 2.05. The normalized spacial score (nSPS) is 14.4. The van der Waals surface area contributed by atoms with Crippen LogP contribution < -0.4 is 11.1 Å². The maximum Gasteiger partial charge on any atom is 0.251 e. The van der Waals surface area contributed by atoms with Crippen LogP contribution in [-0.2, 0) is 4.79 Å². The monoisotopic (exact) mass is 362 g/mol. The summed E-state index contributed by atoms with van der Waals surface area (Å²) in [6, 6.07) is 6.79. The molecule has 1 heterocycles. The number of nitrogens with zero attached hydrogens (tertiary/aromatic N) is 2. The van der Waals surface area contributed by atoms with E-state index >= 15 is 0 Å². The van der Waals surface area contributed by atoms with Gasteiger partial charge in [0.25, 0.3) is 5.91 Å². The first-order valence-corrected chi connectivity index (χ1v) is 7.16. The number of piperazine rings is 1. The molecule has 1 aliphatic heterocycles. The van der Waals surface area contributed by atoms with Gasteiger partial charge in [-0.05, 0) is 25.2 Å². The third-order valence-electron chi connectivity index (χ3n) is 3.63. The fourth-order valence-corrected chi connectivity index (χ4v) is 2.28. The minimum absolute atomic E-state index is 0. The maximum absolute atomic E-state index is 12.0. The molecule has 0 bridgehead atoms. The zero-order valence-electron chi connectivity index (χ0n) is 13.2. The van der Waals surface area contributed by atoms with E-state index in [1.165, 1.54) is 0 Å². The molecule has 0 radical (unpaired) electrons. The summed E-state index contributed by atoms with van der Waals surface area (Å²) in [6.07, 6.45) is 0.331. The lowest BCUT2D eigenvalue weighted by molar-refractivity contribution is -0.132. The first-order valence-electron chi connectivity index (χ1n) is 7.16. The molecule has 130 valence electrons. The number of likely N-dealkylation sites (N-methyl/N-ethyl adjacent to an activating group) is 1. The summed E-state index contributed by atoms with van der Waals surface area (Å²) in [4.78, 5) is 28.0. The van der Waals surface area contributed by atoms with Crippen molar-refractivity contribution in [2.45, 2.75) is 6.42 Å². The quantitative estimate of drug-likeness (QED) is 0.783. The van der Waals surface area contributed by atoms with Gasteiger partial charge in [0.1, 0.15) is 0 Å². The molecule has 6 nitrogen and oxygen atoms in total. The van der Waals surface area contributed by atoms with E-state index in [9.17, 15) is 9.59 Å². The van der Waals surface area contributed by atoms with Crippen LogP contribution in [0.3, 0.4) is 0 Å². The van der Waals surface area contributed by atoms with Crippen LogP contribution in [0.5, 0.6) is 0 Å². The third kappa shape index (κ3) is 6.64. The largest absolute Gasteiger partial charge is 0.399 e. The summed E-state index contributed by atoms with van der Waals surface area (Å²) in [5.41, 5.74) is 6.71. The molecule has 0 spiro atoms. The molecule has 23 heavy (non-hydrogen) atoms. The second-order valence-corrected chi connectivity index (χ2v) is 5.32. The molecule has 3 N–H and O–H groups in total. The second kappa shape index (κ2) is 10.3. The molecule has 1 saturated heterocycles. The van der Waals surface area contributed by atoms with Crippen molar-refractivity contribution in [2.24, 2.45) is 0 Å². The number of halogens is 2. The Hall–Kier alpha value is -1.50. The van der Waals surface area contributed by atoms with E-state index in [0.717, 1.165) is 26.2 Å². The number of benzene rings is 1. The van der Waals surface area contributed by atoms with Gasteiger partial charge in [-0.1, -0.05) is 6.07 Å². The lowest BCUT2D eigenvalue weighted by atomic mass is 10.2. The first-order chi connectivity index (χ1) is 10.1. The molecule has 2 amide bonds. The molecular weight excluding hydrogens is 339 g/mol. The fraction of sp³-hybridized carbons (Fsp3) is 0.467. The minimum atomic E-state index is -0.200. The van der Waals surface area contributed by atoms with Crippen molar-refractivity contribution >= 4 is 42.3 Å². The van der Waals surface area contributed by atoms with Gasteiger partial charge in [-0.2, -0.15) is 0 Å². The highest BCUT2D eigenvalue weighted by molar-refractivity contribution is 5.95. The van der Waals surface area contributed by atoms with Crippen LogP contribution in [0, 0.1) is 0 Å². The molecule has 2 rings (SSSR count). The zero-order chi connectivity index (χ0) is 15.2. The summed E-state index contributed by atoms with van der Waals surface area (Å²) < 4.78 is 0. The van der Waals surface area contributed by atoms with Crippen molar-refractivity contribution in [1.82, 2.24) is 15.1 Å². The molecule has 0 aliphatic carbocycles. The topological polar surface area (TPSA) is 78.7 Å². The lowest BCUT2D eigenvalue weighted by Crippen LogP contribution is -2.47. The smallest absolute Gasteiger partial charge is 0.251 e. The molecule has 1 fully saturated rings. The standard InChI is InChI=1S/C15H22N4O2.2ClH/c1-18-7-9-19(10-8-18)14(20)5-6-17-15(21)12-3-2-4-13(16)11-12;;/h2-4,11H,5-10,16H2,1H3,(H,17,21);2*1H. The fourth-order valence-electron chi connectivity index (χ4n) is 2.28. The van der Waals surface area contributed by atoms with E-state index in [-0.39, 0.29) is 36.6 Å². The number of rotatable bonds is 4. The van der Waals surface area contributed by atoms with Crippen LogP contribution in [0.15, 0.2) is 24.3 Å². The number of amides is 2. The van der Waals surface area contributed by atoms with Crippen LogP contribution in [0.4, 0.5) is 5.69 Å². The van der Waals surface area contributed by atoms with E-state index in [1.54, 1.807) is 24.3 Å². The molecule has 1 aromatic carbocycles. The molecular formula is C15H24Cl2N4O2. The van der Waals surface area contributed by atoms with Gasteiger partial charge in [0.05, 0.1) is 0 Å². The van der Waals surface area contributed by atoms with Crippen LogP contribution in [0.1, 0.15) is 16.8 Å². The molecule has 1 aliphatic rings. The van der Waals surface area contributed by atoms with Crippen molar-refractivity contribution in [3.8, 4) is 0 Å². The third-order valence-corrected chi connectivity index (χ3v) is 3.63. The Morgan fingerprint density at radius 3 is 2.43 bits per heavy atom. The van der Waals surface area contributed by atoms with Gasteiger partial charge in [0.2, 0.25) is 5.91 Å². The Bertz CT molecular complexity index is 520. The Morgan fingerprint density at radius 1 is 1.17 bits per heavy atom. The highest BCUT2D eigenvalue weighted by Crippen LogP contribution is 2.06. The molecule has 0 aromatic heterocycles. The zero-order valence-corrected chi connectivity index (χ0v) is 14.8. The number of carbonyl (C=O) groups is 2. The second-order valence-electron chi connectivity index (χ2n) is 5.32. The van der Waals surface area contributed by atoms with Gasteiger partial charge in [-0.25, -0.2) is 0 Å². The van der Waals surface area contributed by atoms with Gasteiger partial charge in [0, 0.05) is 50.4 Å². The first kappa shape index (κ1) is 21.5. The van der Waals surface area contributed by atoms with Crippen molar-refractivity contribution in [3.05, 3.63) is 29.8 Å². The number of nitrogen functional groups attached to an aromatic ring is 1. The molecule has 8 heteroatoms.